The Morgan fingerprint density at radius 2 is 1.62 bits per heavy atom. The lowest BCUT2D eigenvalue weighted by atomic mass is 10.1. The minimum atomic E-state index is -1.29. The summed E-state index contributed by atoms with van der Waals surface area (Å²) < 4.78 is 24.0. The van der Waals surface area contributed by atoms with E-state index in [9.17, 15) is 9.18 Å². The molecule has 3 aromatic rings. The second-order valence-electron chi connectivity index (χ2n) is 6.92. The molecule has 0 aliphatic heterocycles. The van der Waals surface area contributed by atoms with E-state index in [2.05, 4.69) is 9.97 Å². The first-order valence-electron chi connectivity index (χ1n) is 9.06. The number of hydrogen-bond donors (Lipinski definition) is 1. The van der Waals surface area contributed by atoms with Gasteiger partial charge in [-0.1, -0.05) is 24.3 Å². The van der Waals surface area contributed by atoms with Gasteiger partial charge >= 0.3 is 12.0 Å². The van der Waals surface area contributed by atoms with Crippen LogP contribution in [-0.4, -0.2) is 33.3 Å². The van der Waals surface area contributed by atoms with Gasteiger partial charge in [-0.05, 0) is 49.2 Å². The van der Waals surface area contributed by atoms with Gasteiger partial charge in [0, 0.05) is 24.4 Å². The van der Waals surface area contributed by atoms with Gasteiger partial charge in [0.25, 0.3) is 0 Å². The molecule has 0 saturated heterocycles. The number of rotatable bonds is 8. The lowest BCUT2D eigenvalue weighted by Crippen LogP contribution is -2.37. The zero-order valence-corrected chi connectivity index (χ0v) is 16.1. The summed E-state index contributed by atoms with van der Waals surface area (Å²) in [7, 11) is 0. The zero-order chi connectivity index (χ0) is 20.9. The summed E-state index contributed by atoms with van der Waals surface area (Å²) in [6.45, 7) is 3.38. The van der Waals surface area contributed by atoms with Crippen LogP contribution in [0.5, 0.6) is 11.8 Å². The highest BCUT2D eigenvalue weighted by Gasteiger charge is 2.29. The summed E-state index contributed by atoms with van der Waals surface area (Å²) in [5, 5.41) is 9.11. The summed E-state index contributed by atoms with van der Waals surface area (Å²) in [6, 6.07) is 13.5. The SMILES string of the molecule is CC(C)(Oc1ccc(CCOc2ncc(-c3ccc(F)cc3)cn2)cc1)C(=O)O. The Hall–Kier alpha value is -3.48. The summed E-state index contributed by atoms with van der Waals surface area (Å²) in [5.41, 5.74) is 1.32. The molecule has 0 bridgehead atoms. The van der Waals surface area contributed by atoms with E-state index >= 15 is 0 Å². The zero-order valence-electron chi connectivity index (χ0n) is 16.1. The van der Waals surface area contributed by atoms with Crippen LogP contribution in [-0.2, 0) is 11.2 Å². The summed E-state index contributed by atoms with van der Waals surface area (Å²) in [6.07, 6.45) is 3.89. The number of ether oxygens (including phenoxy) is 2. The average Bonchev–Trinajstić information content (AvgIpc) is 2.70. The Labute approximate surface area is 168 Å². The molecule has 1 heterocycles. The number of hydrogen-bond acceptors (Lipinski definition) is 5. The van der Waals surface area contributed by atoms with E-state index in [1.165, 1.54) is 26.0 Å². The number of carboxylic acids is 1. The lowest BCUT2D eigenvalue weighted by molar-refractivity contribution is -0.152. The van der Waals surface area contributed by atoms with Crippen LogP contribution < -0.4 is 9.47 Å². The molecule has 150 valence electrons. The lowest BCUT2D eigenvalue weighted by Gasteiger charge is -2.21. The third-order valence-electron chi connectivity index (χ3n) is 4.24. The van der Waals surface area contributed by atoms with Gasteiger partial charge in [0.15, 0.2) is 5.60 Å². The Bertz CT molecular complexity index is 956. The van der Waals surface area contributed by atoms with Gasteiger partial charge in [-0.3, -0.25) is 0 Å². The Morgan fingerprint density at radius 3 is 2.21 bits per heavy atom. The first-order chi connectivity index (χ1) is 13.8. The maximum absolute atomic E-state index is 13.0. The van der Waals surface area contributed by atoms with Crippen molar-refractivity contribution in [2.45, 2.75) is 25.9 Å². The molecule has 0 radical (unpaired) electrons. The largest absolute Gasteiger partial charge is 0.478 e. The van der Waals surface area contributed by atoms with Crippen LogP contribution in [0.4, 0.5) is 4.39 Å². The normalized spacial score (nSPS) is 11.1. The standard InChI is InChI=1S/C22H21FN2O4/c1-22(2,20(26)27)29-19-9-3-15(4-10-19)11-12-28-21-24-13-17(14-25-21)16-5-7-18(23)8-6-16/h3-10,13-14H,11-12H2,1-2H3,(H,26,27). The van der Waals surface area contributed by atoms with Crippen molar-refractivity contribution in [3.63, 3.8) is 0 Å². The molecule has 2 aromatic carbocycles. The van der Waals surface area contributed by atoms with E-state index < -0.39 is 11.6 Å². The molecule has 0 spiro atoms. The minimum absolute atomic E-state index is 0.263. The fourth-order valence-electron chi connectivity index (χ4n) is 2.50. The third-order valence-corrected chi connectivity index (χ3v) is 4.24. The van der Waals surface area contributed by atoms with Gasteiger partial charge in [0.2, 0.25) is 0 Å². The highest BCUT2D eigenvalue weighted by atomic mass is 19.1. The number of carboxylic acid groups (broad SMARTS) is 1. The number of carbonyl (C=O) groups is 1. The number of benzene rings is 2. The fourth-order valence-corrected chi connectivity index (χ4v) is 2.50. The van der Waals surface area contributed by atoms with Crippen molar-refractivity contribution in [3.8, 4) is 22.9 Å². The van der Waals surface area contributed by atoms with Crippen molar-refractivity contribution >= 4 is 5.97 Å². The van der Waals surface area contributed by atoms with Crippen LogP contribution in [0.15, 0.2) is 60.9 Å². The Kier molecular flexibility index (Phi) is 6.07. The van der Waals surface area contributed by atoms with E-state index in [1.807, 2.05) is 12.1 Å². The summed E-state index contributed by atoms with van der Waals surface area (Å²) >= 11 is 0. The smallest absolute Gasteiger partial charge is 0.347 e. The van der Waals surface area contributed by atoms with Crippen LogP contribution in [0.25, 0.3) is 11.1 Å². The number of nitrogens with zero attached hydrogens (tertiary/aromatic N) is 2. The molecule has 1 aromatic heterocycles. The molecule has 6 nitrogen and oxygen atoms in total. The van der Waals surface area contributed by atoms with Crippen molar-refractivity contribution in [2.75, 3.05) is 6.61 Å². The fraction of sp³-hybridized carbons (Fsp3) is 0.227. The molecular weight excluding hydrogens is 375 g/mol. The van der Waals surface area contributed by atoms with Crippen LogP contribution in [0, 0.1) is 5.82 Å². The summed E-state index contributed by atoms with van der Waals surface area (Å²) in [5.74, 6) is -0.831. The minimum Gasteiger partial charge on any atom is -0.478 e. The van der Waals surface area contributed by atoms with Crippen LogP contribution in [0.2, 0.25) is 0 Å². The van der Waals surface area contributed by atoms with Gasteiger partial charge in [-0.15, -0.1) is 0 Å². The van der Waals surface area contributed by atoms with Gasteiger partial charge in [0.05, 0.1) is 6.61 Å². The van der Waals surface area contributed by atoms with Crippen LogP contribution in [0.3, 0.4) is 0 Å². The molecule has 0 amide bonds. The molecule has 1 N–H and O–H groups in total. The van der Waals surface area contributed by atoms with Crippen molar-refractivity contribution in [2.24, 2.45) is 0 Å². The van der Waals surface area contributed by atoms with E-state index in [0.717, 1.165) is 16.7 Å². The van der Waals surface area contributed by atoms with Crippen molar-refractivity contribution in [1.29, 1.82) is 0 Å². The molecule has 3 rings (SSSR count). The predicted octanol–water partition coefficient (Wildman–Crippen LogP) is 4.15. The summed E-state index contributed by atoms with van der Waals surface area (Å²) in [4.78, 5) is 19.5. The molecule has 7 heteroatoms. The topological polar surface area (TPSA) is 81.5 Å². The van der Waals surface area contributed by atoms with E-state index in [1.54, 1.807) is 36.7 Å². The van der Waals surface area contributed by atoms with Crippen molar-refractivity contribution in [3.05, 3.63) is 72.3 Å². The molecule has 0 unspecified atom stereocenters. The molecule has 0 aliphatic rings. The Balaban J connectivity index is 1.51. The first kappa shape index (κ1) is 20.3. The number of halogens is 1. The number of aliphatic carboxylic acids is 1. The highest BCUT2D eigenvalue weighted by Crippen LogP contribution is 2.20. The second kappa shape index (κ2) is 8.68. The third kappa shape index (κ3) is 5.51. The van der Waals surface area contributed by atoms with E-state index in [4.69, 9.17) is 14.6 Å². The van der Waals surface area contributed by atoms with E-state index in [-0.39, 0.29) is 11.8 Å². The highest BCUT2D eigenvalue weighted by molar-refractivity contribution is 5.76. The van der Waals surface area contributed by atoms with Gasteiger partial charge < -0.3 is 14.6 Å². The molecule has 0 atom stereocenters. The van der Waals surface area contributed by atoms with Gasteiger partial charge in [0.1, 0.15) is 11.6 Å². The van der Waals surface area contributed by atoms with Crippen LogP contribution >= 0.6 is 0 Å². The molecule has 0 aliphatic carbocycles. The molecular formula is C22H21FN2O4. The molecule has 0 fully saturated rings. The van der Waals surface area contributed by atoms with Gasteiger partial charge in [-0.25, -0.2) is 19.2 Å². The van der Waals surface area contributed by atoms with Crippen molar-refractivity contribution in [1.82, 2.24) is 9.97 Å². The second-order valence-corrected chi connectivity index (χ2v) is 6.92. The monoisotopic (exact) mass is 396 g/mol. The van der Waals surface area contributed by atoms with Gasteiger partial charge in [-0.2, -0.15) is 0 Å². The number of aromatic nitrogens is 2. The van der Waals surface area contributed by atoms with Crippen LogP contribution in [0.1, 0.15) is 19.4 Å². The quantitative estimate of drug-likeness (QED) is 0.616. The maximum atomic E-state index is 13.0. The predicted molar refractivity (Wildman–Crippen MR) is 105 cm³/mol. The molecule has 29 heavy (non-hydrogen) atoms. The maximum Gasteiger partial charge on any atom is 0.347 e. The Morgan fingerprint density at radius 1 is 1.00 bits per heavy atom. The molecule has 0 saturated carbocycles. The first-order valence-corrected chi connectivity index (χ1v) is 9.06. The average molecular weight is 396 g/mol. The van der Waals surface area contributed by atoms with E-state index in [0.29, 0.717) is 18.8 Å². The van der Waals surface area contributed by atoms with Crippen molar-refractivity contribution < 1.29 is 23.8 Å².